The maximum atomic E-state index is 9.67. The van der Waals surface area contributed by atoms with Gasteiger partial charge in [0, 0.05) is 14.6 Å². The SMILES string of the molecule is Oc1ccc(-n2c(-c3ccc(Br)cc3)ccc2-c2ccc(Br)cc2)cc1. The van der Waals surface area contributed by atoms with Crippen LogP contribution in [0.5, 0.6) is 5.75 Å². The quantitative estimate of drug-likeness (QED) is 0.342. The number of hydrogen-bond donors (Lipinski definition) is 1. The third-order valence-corrected chi connectivity index (χ3v) is 5.33. The number of aromatic hydroxyl groups is 1. The molecule has 0 unspecified atom stereocenters. The van der Waals surface area contributed by atoms with Crippen molar-refractivity contribution >= 4 is 31.9 Å². The molecular weight excluding hydrogens is 454 g/mol. The monoisotopic (exact) mass is 467 g/mol. The van der Waals surface area contributed by atoms with Crippen molar-refractivity contribution in [2.24, 2.45) is 0 Å². The summed E-state index contributed by atoms with van der Waals surface area (Å²) in [7, 11) is 0. The molecule has 128 valence electrons. The van der Waals surface area contributed by atoms with E-state index in [-0.39, 0.29) is 5.75 Å². The lowest BCUT2D eigenvalue weighted by Gasteiger charge is -2.15. The number of benzene rings is 3. The zero-order valence-corrected chi connectivity index (χ0v) is 16.9. The summed E-state index contributed by atoms with van der Waals surface area (Å²) < 4.78 is 4.32. The van der Waals surface area contributed by atoms with E-state index in [0.717, 1.165) is 37.1 Å². The Hall–Kier alpha value is -2.30. The summed E-state index contributed by atoms with van der Waals surface area (Å²) in [6.07, 6.45) is 0. The van der Waals surface area contributed by atoms with Crippen molar-refractivity contribution in [3.8, 4) is 34.0 Å². The van der Waals surface area contributed by atoms with Gasteiger partial charge in [0.1, 0.15) is 5.75 Å². The van der Waals surface area contributed by atoms with Gasteiger partial charge in [-0.05, 0) is 71.8 Å². The van der Waals surface area contributed by atoms with E-state index >= 15 is 0 Å². The summed E-state index contributed by atoms with van der Waals surface area (Å²) in [6, 6.07) is 28.1. The van der Waals surface area contributed by atoms with Gasteiger partial charge in [0.2, 0.25) is 0 Å². The van der Waals surface area contributed by atoms with E-state index in [9.17, 15) is 5.11 Å². The Morgan fingerprint density at radius 3 is 1.38 bits per heavy atom. The van der Waals surface area contributed by atoms with E-state index < -0.39 is 0 Å². The molecule has 2 nitrogen and oxygen atoms in total. The molecule has 0 aliphatic heterocycles. The van der Waals surface area contributed by atoms with Crippen molar-refractivity contribution < 1.29 is 5.11 Å². The Balaban J connectivity index is 1.93. The van der Waals surface area contributed by atoms with Crippen LogP contribution in [-0.2, 0) is 0 Å². The van der Waals surface area contributed by atoms with E-state index in [2.05, 4.69) is 72.8 Å². The molecule has 0 saturated heterocycles. The molecular formula is C22H15Br2NO. The van der Waals surface area contributed by atoms with E-state index in [4.69, 9.17) is 0 Å². The predicted octanol–water partition coefficient (Wildman–Crippen LogP) is 7.04. The molecule has 0 fully saturated rings. The molecule has 0 aliphatic carbocycles. The Labute approximate surface area is 169 Å². The summed E-state index contributed by atoms with van der Waals surface area (Å²) in [4.78, 5) is 0. The van der Waals surface area contributed by atoms with Gasteiger partial charge in [-0.3, -0.25) is 0 Å². The largest absolute Gasteiger partial charge is 0.508 e. The van der Waals surface area contributed by atoms with Crippen LogP contribution in [-0.4, -0.2) is 9.67 Å². The van der Waals surface area contributed by atoms with Gasteiger partial charge in [-0.15, -0.1) is 0 Å². The average Bonchev–Trinajstić information content (AvgIpc) is 3.08. The van der Waals surface area contributed by atoms with Crippen LogP contribution in [0.4, 0.5) is 0 Å². The number of nitrogens with zero attached hydrogens (tertiary/aromatic N) is 1. The van der Waals surface area contributed by atoms with Gasteiger partial charge >= 0.3 is 0 Å². The normalized spacial score (nSPS) is 10.8. The van der Waals surface area contributed by atoms with Crippen LogP contribution in [0.1, 0.15) is 0 Å². The molecule has 0 atom stereocenters. The van der Waals surface area contributed by atoms with Gasteiger partial charge in [-0.1, -0.05) is 56.1 Å². The first kappa shape index (κ1) is 17.1. The van der Waals surface area contributed by atoms with Crippen LogP contribution in [0.3, 0.4) is 0 Å². The Kier molecular flexibility index (Phi) is 4.70. The van der Waals surface area contributed by atoms with Crippen LogP contribution in [0.25, 0.3) is 28.2 Å². The van der Waals surface area contributed by atoms with Crippen molar-refractivity contribution in [1.29, 1.82) is 0 Å². The molecule has 1 aromatic heterocycles. The molecule has 0 amide bonds. The fourth-order valence-corrected chi connectivity index (χ4v) is 3.54. The zero-order valence-electron chi connectivity index (χ0n) is 13.7. The molecule has 0 saturated carbocycles. The fourth-order valence-electron chi connectivity index (χ4n) is 3.01. The van der Waals surface area contributed by atoms with Gasteiger partial charge in [0.15, 0.2) is 0 Å². The second-order valence-electron chi connectivity index (χ2n) is 5.97. The van der Waals surface area contributed by atoms with Gasteiger partial charge in [-0.25, -0.2) is 0 Å². The van der Waals surface area contributed by atoms with Crippen molar-refractivity contribution in [3.05, 3.63) is 93.9 Å². The van der Waals surface area contributed by atoms with Gasteiger partial charge in [0.05, 0.1) is 11.4 Å². The lowest BCUT2D eigenvalue weighted by Crippen LogP contribution is -1.99. The third kappa shape index (κ3) is 3.35. The summed E-state index contributed by atoms with van der Waals surface area (Å²) >= 11 is 7.00. The first-order valence-electron chi connectivity index (χ1n) is 8.15. The van der Waals surface area contributed by atoms with Crippen LogP contribution in [0.15, 0.2) is 93.9 Å². The molecule has 0 radical (unpaired) electrons. The highest BCUT2D eigenvalue weighted by atomic mass is 79.9. The van der Waals surface area contributed by atoms with Crippen LogP contribution in [0.2, 0.25) is 0 Å². The number of rotatable bonds is 3. The summed E-state index contributed by atoms with van der Waals surface area (Å²) in [5.41, 5.74) is 5.46. The molecule has 0 bridgehead atoms. The van der Waals surface area contributed by atoms with Crippen molar-refractivity contribution in [1.82, 2.24) is 4.57 Å². The number of hydrogen-bond acceptors (Lipinski definition) is 1. The molecule has 4 aromatic rings. The lowest BCUT2D eigenvalue weighted by atomic mass is 10.1. The summed E-state index contributed by atoms with van der Waals surface area (Å²) in [5, 5.41) is 9.67. The second-order valence-corrected chi connectivity index (χ2v) is 7.80. The van der Waals surface area contributed by atoms with Crippen LogP contribution >= 0.6 is 31.9 Å². The van der Waals surface area contributed by atoms with E-state index in [1.54, 1.807) is 12.1 Å². The van der Waals surface area contributed by atoms with E-state index in [0.29, 0.717) is 0 Å². The minimum atomic E-state index is 0.260. The predicted molar refractivity (Wildman–Crippen MR) is 114 cm³/mol. The maximum Gasteiger partial charge on any atom is 0.115 e. The van der Waals surface area contributed by atoms with Gasteiger partial charge in [0.25, 0.3) is 0 Å². The van der Waals surface area contributed by atoms with E-state index in [1.807, 2.05) is 36.4 Å². The Morgan fingerprint density at radius 2 is 0.962 bits per heavy atom. The standard InChI is InChI=1S/C22H15Br2NO/c23-17-5-1-15(2-6-17)21-13-14-22(16-3-7-18(24)8-4-16)25(21)19-9-11-20(26)12-10-19/h1-14,26H. The first-order chi connectivity index (χ1) is 12.6. The molecule has 26 heavy (non-hydrogen) atoms. The smallest absolute Gasteiger partial charge is 0.115 e. The number of phenols is 1. The number of halogens is 2. The molecule has 0 aliphatic rings. The van der Waals surface area contributed by atoms with E-state index in [1.165, 1.54) is 0 Å². The van der Waals surface area contributed by atoms with Gasteiger partial charge < -0.3 is 9.67 Å². The molecule has 4 rings (SSSR count). The van der Waals surface area contributed by atoms with Crippen LogP contribution in [0, 0.1) is 0 Å². The lowest BCUT2D eigenvalue weighted by molar-refractivity contribution is 0.475. The highest BCUT2D eigenvalue weighted by Crippen LogP contribution is 2.33. The molecule has 3 aromatic carbocycles. The van der Waals surface area contributed by atoms with Gasteiger partial charge in [-0.2, -0.15) is 0 Å². The first-order valence-corrected chi connectivity index (χ1v) is 9.73. The Morgan fingerprint density at radius 1 is 0.538 bits per heavy atom. The minimum Gasteiger partial charge on any atom is -0.508 e. The average molecular weight is 469 g/mol. The van der Waals surface area contributed by atoms with Crippen molar-refractivity contribution in [3.63, 3.8) is 0 Å². The second kappa shape index (κ2) is 7.14. The van der Waals surface area contributed by atoms with Crippen molar-refractivity contribution in [2.45, 2.75) is 0 Å². The maximum absolute atomic E-state index is 9.67. The Bertz CT molecular complexity index is 970. The summed E-state index contributed by atoms with van der Waals surface area (Å²) in [5.74, 6) is 0.260. The topological polar surface area (TPSA) is 25.2 Å². The highest BCUT2D eigenvalue weighted by molar-refractivity contribution is 9.10. The number of aromatic nitrogens is 1. The zero-order chi connectivity index (χ0) is 18.1. The number of phenolic OH excluding ortho intramolecular Hbond substituents is 1. The molecule has 1 heterocycles. The summed E-state index contributed by atoms with van der Waals surface area (Å²) in [6.45, 7) is 0. The molecule has 4 heteroatoms. The minimum absolute atomic E-state index is 0.260. The third-order valence-electron chi connectivity index (χ3n) is 4.27. The highest BCUT2D eigenvalue weighted by Gasteiger charge is 2.13. The van der Waals surface area contributed by atoms with Crippen LogP contribution < -0.4 is 0 Å². The fraction of sp³-hybridized carbons (Fsp3) is 0. The van der Waals surface area contributed by atoms with Crippen molar-refractivity contribution in [2.75, 3.05) is 0 Å². The molecule has 1 N–H and O–H groups in total. The molecule has 0 spiro atoms.